The Morgan fingerprint density at radius 2 is 2.07 bits per heavy atom. The first-order chi connectivity index (χ1) is 7.27. The number of hydrogen-bond acceptors (Lipinski definition) is 3. The number of nitrogens with zero attached hydrogens (tertiary/aromatic N) is 1. The fourth-order valence-electron chi connectivity index (χ4n) is 2.32. The molecule has 3 rings (SSSR count). The van der Waals surface area contributed by atoms with Gasteiger partial charge in [-0.3, -0.25) is 5.10 Å². The fraction of sp³-hybridized carbons (Fsp3) is 0.727. The number of nitrogens with one attached hydrogen (secondary N) is 2. The molecule has 0 spiro atoms. The Hall–Kier alpha value is -1.03. The van der Waals surface area contributed by atoms with Gasteiger partial charge in [0.1, 0.15) is 5.60 Å². The van der Waals surface area contributed by atoms with Crippen LogP contribution in [0.3, 0.4) is 0 Å². The molecule has 2 N–H and O–H groups in total. The van der Waals surface area contributed by atoms with Crippen LogP contribution in [0.5, 0.6) is 5.88 Å². The molecule has 1 aromatic rings. The van der Waals surface area contributed by atoms with E-state index in [0.29, 0.717) is 0 Å². The van der Waals surface area contributed by atoms with Gasteiger partial charge in [0.15, 0.2) is 0 Å². The molecule has 2 heterocycles. The van der Waals surface area contributed by atoms with E-state index in [-0.39, 0.29) is 5.60 Å². The topological polar surface area (TPSA) is 49.9 Å². The zero-order chi connectivity index (χ0) is 10.3. The van der Waals surface area contributed by atoms with Crippen LogP contribution >= 0.6 is 0 Å². The lowest BCUT2D eigenvalue weighted by molar-refractivity contribution is 0.0294. The first kappa shape index (κ1) is 9.21. The number of H-pyrrole nitrogens is 1. The Bertz CT molecular complexity index is 368. The van der Waals surface area contributed by atoms with E-state index in [1.165, 1.54) is 24.1 Å². The van der Waals surface area contributed by atoms with Crippen molar-refractivity contribution in [1.29, 1.82) is 0 Å². The number of hydrogen-bond donors (Lipinski definition) is 2. The van der Waals surface area contributed by atoms with Crippen molar-refractivity contribution in [1.82, 2.24) is 15.5 Å². The number of aromatic nitrogens is 2. The standard InChI is InChI=1S/C11H17N3O/c1-11(6-12-7-11)15-10-8-4-2-3-5-9(8)13-14-10/h12H,2-7H2,1H3,(H,13,14). The van der Waals surface area contributed by atoms with E-state index in [4.69, 9.17) is 4.74 Å². The van der Waals surface area contributed by atoms with E-state index in [0.717, 1.165) is 31.8 Å². The third-order valence-corrected chi connectivity index (χ3v) is 3.36. The second kappa shape index (κ2) is 3.23. The Morgan fingerprint density at radius 1 is 1.27 bits per heavy atom. The van der Waals surface area contributed by atoms with Crippen molar-refractivity contribution in [2.24, 2.45) is 0 Å². The molecule has 1 aliphatic heterocycles. The summed E-state index contributed by atoms with van der Waals surface area (Å²) in [4.78, 5) is 0. The molecule has 2 aliphatic rings. The number of fused-ring (bicyclic) bond motifs is 1. The first-order valence-corrected chi connectivity index (χ1v) is 5.73. The molecule has 0 atom stereocenters. The molecule has 1 aliphatic carbocycles. The zero-order valence-corrected chi connectivity index (χ0v) is 9.10. The Balaban J connectivity index is 1.82. The van der Waals surface area contributed by atoms with Gasteiger partial charge in [0, 0.05) is 24.3 Å². The summed E-state index contributed by atoms with van der Waals surface area (Å²) in [5.41, 5.74) is 2.56. The van der Waals surface area contributed by atoms with Gasteiger partial charge < -0.3 is 10.1 Å². The second-order valence-corrected chi connectivity index (χ2v) is 4.85. The molecule has 15 heavy (non-hydrogen) atoms. The minimum Gasteiger partial charge on any atom is -0.467 e. The first-order valence-electron chi connectivity index (χ1n) is 5.73. The van der Waals surface area contributed by atoms with Gasteiger partial charge in [0.05, 0.1) is 0 Å². The average Bonchev–Trinajstić information content (AvgIpc) is 2.60. The highest BCUT2D eigenvalue weighted by Gasteiger charge is 2.35. The van der Waals surface area contributed by atoms with Crippen molar-refractivity contribution in [3.63, 3.8) is 0 Å². The average molecular weight is 207 g/mol. The van der Waals surface area contributed by atoms with Crippen LogP contribution < -0.4 is 10.1 Å². The van der Waals surface area contributed by atoms with Gasteiger partial charge in [-0.15, -0.1) is 5.10 Å². The number of ether oxygens (including phenoxy) is 1. The van der Waals surface area contributed by atoms with Crippen molar-refractivity contribution in [3.05, 3.63) is 11.3 Å². The summed E-state index contributed by atoms with van der Waals surface area (Å²) in [7, 11) is 0. The number of aryl methyl sites for hydroxylation is 1. The molecule has 82 valence electrons. The van der Waals surface area contributed by atoms with Gasteiger partial charge in [0.2, 0.25) is 5.88 Å². The molecule has 1 aromatic heterocycles. The Kier molecular flexibility index (Phi) is 1.99. The van der Waals surface area contributed by atoms with Crippen LogP contribution in [0.25, 0.3) is 0 Å². The minimum absolute atomic E-state index is 0.0413. The molecular formula is C11H17N3O. The quantitative estimate of drug-likeness (QED) is 0.761. The van der Waals surface area contributed by atoms with E-state index in [1.54, 1.807) is 0 Å². The molecule has 0 saturated carbocycles. The highest BCUT2D eigenvalue weighted by atomic mass is 16.5. The summed E-state index contributed by atoms with van der Waals surface area (Å²) in [5.74, 6) is 0.841. The van der Waals surface area contributed by atoms with Gasteiger partial charge in [0.25, 0.3) is 0 Å². The van der Waals surface area contributed by atoms with Gasteiger partial charge in [-0.2, -0.15) is 0 Å². The molecule has 0 radical (unpaired) electrons. The largest absolute Gasteiger partial charge is 0.467 e. The van der Waals surface area contributed by atoms with Crippen LogP contribution in [-0.2, 0) is 12.8 Å². The van der Waals surface area contributed by atoms with Crippen molar-refractivity contribution in [2.75, 3.05) is 13.1 Å². The SMILES string of the molecule is CC1(Oc2n[nH]c3c2CCCC3)CNC1. The summed E-state index contributed by atoms with van der Waals surface area (Å²) in [6.07, 6.45) is 4.77. The molecule has 1 saturated heterocycles. The molecule has 0 bridgehead atoms. The van der Waals surface area contributed by atoms with Crippen LogP contribution in [0, 0.1) is 0 Å². The number of rotatable bonds is 2. The van der Waals surface area contributed by atoms with Crippen molar-refractivity contribution in [3.8, 4) is 5.88 Å². The predicted octanol–water partition coefficient (Wildman–Crippen LogP) is 1.03. The lowest BCUT2D eigenvalue weighted by Gasteiger charge is -2.38. The third-order valence-electron chi connectivity index (χ3n) is 3.36. The lowest BCUT2D eigenvalue weighted by Crippen LogP contribution is -2.61. The van der Waals surface area contributed by atoms with Crippen LogP contribution in [0.15, 0.2) is 0 Å². The molecule has 0 unspecified atom stereocenters. The molecule has 4 heteroatoms. The molecular weight excluding hydrogens is 190 g/mol. The predicted molar refractivity (Wildman–Crippen MR) is 57.1 cm³/mol. The van der Waals surface area contributed by atoms with Crippen molar-refractivity contribution >= 4 is 0 Å². The second-order valence-electron chi connectivity index (χ2n) is 4.85. The lowest BCUT2D eigenvalue weighted by atomic mass is 9.97. The monoisotopic (exact) mass is 207 g/mol. The molecule has 1 fully saturated rings. The van der Waals surface area contributed by atoms with Crippen LogP contribution in [0.4, 0.5) is 0 Å². The normalized spacial score (nSPS) is 23.0. The minimum atomic E-state index is -0.0413. The van der Waals surface area contributed by atoms with E-state index in [9.17, 15) is 0 Å². The maximum Gasteiger partial charge on any atom is 0.236 e. The Morgan fingerprint density at radius 3 is 2.80 bits per heavy atom. The Labute approximate surface area is 89.4 Å². The van der Waals surface area contributed by atoms with E-state index in [1.807, 2.05) is 0 Å². The summed E-state index contributed by atoms with van der Waals surface area (Å²) in [6, 6.07) is 0. The highest BCUT2D eigenvalue weighted by Crippen LogP contribution is 2.30. The molecule has 0 amide bonds. The molecule has 0 aromatic carbocycles. The summed E-state index contributed by atoms with van der Waals surface area (Å²) in [5, 5.41) is 10.6. The van der Waals surface area contributed by atoms with E-state index < -0.39 is 0 Å². The molecule has 4 nitrogen and oxygen atoms in total. The van der Waals surface area contributed by atoms with Crippen LogP contribution in [-0.4, -0.2) is 28.9 Å². The van der Waals surface area contributed by atoms with Crippen molar-refractivity contribution < 1.29 is 4.74 Å². The van der Waals surface area contributed by atoms with Crippen molar-refractivity contribution in [2.45, 2.75) is 38.2 Å². The summed E-state index contributed by atoms with van der Waals surface area (Å²) in [6.45, 7) is 3.98. The fourth-order valence-corrected chi connectivity index (χ4v) is 2.32. The van der Waals surface area contributed by atoms with Gasteiger partial charge in [-0.25, -0.2) is 0 Å². The van der Waals surface area contributed by atoms with E-state index in [2.05, 4.69) is 22.4 Å². The van der Waals surface area contributed by atoms with Gasteiger partial charge in [-0.1, -0.05) is 0 Å². The van der Waals surface area contributed by atoms with Gasteiger partial charge >= 0.3 is 0 Å². The maximum atomic E-state index is 5.97. The smallest absolute Gasteiger partial charge is 0.236 e. The van der Waals surface area contributed by atoms with Gasteiger partial charge in [-0.05, 0) is 32.6 Å². The third kappa shape index (κ3) is 1.53. The maximum absolute atomic E-state index is 5.97. The van der Waals surface area contributed by atoms with Crippen LogP contribution in [0.1, 0.15) is 31.0 Å². The van der Waals surface area contributed by atoms with E-state index >= 15 is 0 Å². The highest BCUT2D eigenvalue weighted by molar-refractivity contribution is 5.33. The number of aromatic amines is 1. The zero-order valence-electron chi connectivity index (χ0n) is 9.10. The summed E-state index contributed by atoms with van der Waals surface area (Å²) < 4.78 is 5.97. The summed E-state index contributed by atoms with van der Waals surface area (Å²) >= 11 is 0. The van der Waals surface area contributed by atoms with Crippen LogP contribution in [0.2, 0.25) is 0 Å².